The molecule has 1 amide bonds. The number of rotatable bonds is 3. The zero-order valence-corrected chi connectivity index (χ0v) is 10.4. The van der Waals surface area contributed by atoms with Gasteiger partial charge in [0.2, 0.25) is 0 Å². The number of nitrogens with one attached hydrogen (secondary N) is 2. The summed E-state index contributed by atoms with van der Waals surface area (Å²) in [5.41, 5.74) is 3.43. The summed E-state index contributed by atoms with van der Waals surface area (Å²) in [5.74, 6) is 0.637. The van der Waals surface area contributed by atoms with Gasteiger partial charge in [-0.1, -0.05) is 6.07 Å². The summed E-state index contributed by atoms with van der Waals surface area (Å²) < 4.78 is 5.25. The third-order valence-corrected chi connectivity index (χ3v) is 3.12. The van der Waals surface area contributed by atoms with E-state index in [-0.39, 0.29) is 5.91 Å². The normalized spacial score (nSPS) is 12.8. The van der Waals surface area contributed by atoms with Crippen LogP contribution in [0, 0.1) is 0 Å². The average Bonchev–Trinajstić information content (AvgIpc) is 2.82. The van der Waals surface area contributed by atoms with Crippen LogP contribution < -0.4 is 15.4 Å². The number of pyridine rings is 1. The number of methoxy groups -OCH3 is 1. The fourth-order valence-corrected chi connectivity index (χ4v) is 2.16. The van der Waals surface area contributed by atoms with E-state index in [9.17, 15) is 4.79 Å². The first-order valence-electron chi connectivity index (χ1n) is 5.94. The highest BCUT2D eigenvalue weighted by molar-refractivity contribution is 6.00. The molecule has 2 aromatic rings. The molecule has 0 aliphatic carbocycles. The van der Waals surface area contributed by atoms with Crippen molar-refractivity contribution in [2.45, 2.75) is 6.54 Å². The minimum Gasteiger partial charge on any atom is -0.493 e. The van der Waals surface area contributed by atoms with Crippen LogP contribution >= 0.6 is 0 Å². The summed E-state index contributed by atoms with van der Waals surface area (Å²) >= 11 is 0. The van der Waals surface area contributed by atoms with Crippen molar-refractivity contribution in [1.29, 1.82) is 0 Å². The quantitative estimate of drug-likeness (QED) is 0.881. The van der Waals surface area contributed by atoms with Gasteiger partial charge in [0.25, 0.3) is 5.91 Å². The number of hydrogen-bond acceptors (Lipinski definition) is 4. The van der Waals surface area contributed by atoms with Gasteiger partial charge in [-0.25, -0.2) is 0 Å². The molecule has 5 nitrogen and oxygen atoms in total. The Morgan fingerprint density at radius 1 is 1.32 bits per heavy atom. The van der Waals surface area contributed by atoms with Gasteiger partial charge in [-0.2, -0.15) is 0 Å². The molecule has 3 rings (SSSR count). The van der Waals surface area contributed by atoms with Gasteiger partial charge in [-0.05, 0) is 18.2 Å². The van der Waals surface area contributed by atoms with E-state index in [4.69, 9.17) is 4.74 Å². The SMILES string of the molecule is COc1cnccc1Nc1cccc2c1CNC2=O. The van der Waals surface area contributed by atoms with Crippen LogP contribution in [0.25, 0.3) is 0 Å². The smallest absolute Gasteiger partial charge is 0.251 e. The Labute approximate surface area is 110 Å². The van der Waals surface area contributed by atoms with Gasteiger partial charge in [0.15, 0.2) is 5.75 Å². The van der Waals surface area contributed by atoms with Crippen LogP contribution in [0.4, 0.5) is 11.4 Å². The van der Waals surface area contributed by atoms with Crippen LogP contribution in [0.15, 0.2) is 36.7 Å². The van der Waals surface area contributed by atoms with Crippen LogP contribution in [-0.2, 0) is 6.54 Å². The number of nitrogens with zero attached hydrogens (tertiary/aromatic N) is 1. The average molecular weight is 255 g/mol. The minimum atomic E-state index is -0.0275. The molecule has 96 valence electrons. The number of anilines is 2. The topological polar surface area (TPSA) is 63.2 Å². The number of carbonyl (C=O) groups excluding carboxylic acids is 1. The summed E-state index contributed by atoms with van der Waals surface area (Å²) in [6.07, 6.45) is 3.34. The largest absolute Gasteiger partial charge is 0.493 e. The highest BCUT2D eigenvalue weighted by Crippen LogP contribution is 2.30. The van der Waals surface area contributed by atoms with Crippen LogP contribution in [0.1, 0.15) is 15.9 Å². The van der Waals surface area contributed by atoms with Gasteiger partial charge in [0.1, 0.15) is 0 Å². The second kappa shape index (κ2) is 4.61. The van der Waals surface area contributed by atoms with Crippen molar-refractivity contribution >= 4 is 17.3 Å². The third kappa shape index (κ3) is 1.99. The molecule has 2 heterocycles. The van der Waals surface area contributed by atoms with Gasteiger partial charge in [-0.3, -0.25) is 9.78 Å². The first-order chi connectivity index (χ1) is 9.29. The Bertz CT molecular complexity index is 640. The molecule has 0 saturated heterocycles. The van der Waals surface area contributed by atoms with Gasteiger partial charge >= 0.3 is 0 Å². The van der Waals surface area contributed by atoms with Crippen molar-refractivity contribution in [3.05, 3.63) is 47.8 Å². The Hall–Kier alpha value is -2.56. The van der Waals surface area contributed by atoms with E-state index in [1.54, 1.807) is 19.5 Å². The van der Waals surface area contributed by atoms with Gasteiger partial charge < -0.3 is 15.4 Å². The van der Waals surface area contributed by atoms with Crippen LogP contribution in [0.3, 0.4) is 0 Å². The molecule has 0 unspecified atom stereocenters. The lowest BCUT2D eigenvalue weighted by Crippen LogP contribution is -2.12. The molecule has 1 aliphatic rings. The summed E-state index contributed by atoms with van der Waals surface area (Å²) in [4.78, 5) is 15.6. The molecular formula is C14H13N3O2. The maximum absolute atomic E-state index is 11.6. The molecule has 0 bridgehead atoms. The first kappa shape index (κ1) is 11.5. The van der Waals surface area contributed by atoms with Crippen molar-refractivity contribution in [2.24, 2.45) is 0 Å². The maximum Gasteiger partial charge on any atom is 0.251 e. The summed E-state index contributed by atoms with van der Waals surface area (Å²) in [6, 6.07) is 7.47. The molecule has 0 fully saturated rings. The van der Waals surface area contributed by atoms with E-state index in [1.807, 2.05) is 24.3 Å². The second-order valence-electron chi connectivity index (χ2n) is 4.22. The lowest BCUT2D eigenvalue weighted by atomic mass is 10.1. The zero-order valence-electron chi connectivity index (χ0n) is 10.4. The fraction of sp³-hybridized carbons (Fsp3) is 0.143. The Morgan fingerprint density at radius 3 is 3.05 bits per heavy atom. The fourth-order valence-electron chi connectivity index (χ4n) is 2.16. The Morgan fingerprint density at radius 2 is 2.21 bits per heavy atom. The van der Waals surface area contributed by atoms with Crippen molar-refractivity contribution in [2.75, 3.05) is 12.4 Å². The minimum absolute atomic E-state index is 0.0275. The number of fused-ring (bicyclic) bond motifs is 1. The van der Waals surface area contributed by atoms with Crippen LogP contribution in [-0.4, -0.2) is 18.0 Å². The molecule has 0 radical (unpaired) electrons. The molecule has 19 heavy (non-hydrogen) atoms. The summed E-state index contributed by atoms with van der Waals surface area (Å²) in [7, 11) is 1.60. The van der Waals surface area contributed by atoms with Crippen molar-refractivity contribution in [3.8, 4) is 5.75 Å². The number of hydrogen-bond donors (Lipinski definition) is 2. The molecule has 0 saturated carbocycles. The Kier molecular flexibility index (Phi) is 2.79. The maximum atomic E-state index is 11.6. The first-order valence-corrected chi connectivity index (χ1v) is 5.94. The number of carbonyl (C=O) groups is 1. The monoisotopic (exact) mass is 255 g/mol. The predicted molar refractivity (Wildman–Crippen MR) is 71.7 cm³/mol. The molecule has 1 aromatic carbocycles. The van der Waals surface area contributed by atoms with Crippen molar-refractivity contribution in [1.82, 2.24) is 10.3 Å². The molecule has 0 spiro atoms. The van der Waals surface area contributed by atoms with Crippen LogP contribution in [0.2, 0.25) is 0 Å². The second-order valence-corrected chi connectivity index (χ2v) is 4.22. The molecule has 2 N–H and O–H groups in total. The van der Waals surface area contributed by atoms with E-state index in [0.29, 0.717) is 12.3 Å². The van der Waals surface area contributed by atoms with E-state index >= 15 is 0 Å². The van der Waals surface area contributed by atoms with Crippen molar-refractivity contribution < 1.29 is 9.53 Å². The highest BCUT2D eigenvalue weighted by atomic mass is 16.5. The number of ether oxygens (including phenoxy) is 1. The van der Waals surface area contributed by atoms with Crippen LogP contribution in [0.5, 0.6) is 5.75 Å². The van der Waals surface area contributed by atoms with Gasteiger partial charge in [0, 0.05) is 29.6 Å². The number of amides is 1. The third-order valence-electron chi connectivity index (χ3n) is 3.12. The van der Waals surface area contributed by atoms with E-state index in [1.165, 1.54) is 0 Å². The van der Waals surface area contributed by atoms with Crippen molar-refractivity contribution in [3.63, 3.8) is 0 Å². The van der Waals surface area contributed by atoms with E-state index in [0.717, 1.165) is 22.5 Å². The summed E-state index contributed by atoms with van der Waals surface area (Å²) in [5, 5.41) is 6.10. The molecule has 0 atom stereocenters. The van der Waals surface area contributed by atoms with Gasteiger partial charge in [-0.15, -0.1) is 0 Å². The molecule has 5 heteroatoms. The lowest BCUT2D eigenvalue weighted by Gasteiger charge is -2.12. The van der Waals surface area contributed by atoms with E-state index < -0.39 is 0 Å². The number of benzene rings is 1. The molecule has 1 aromatic heterocycles. The standard InChI is InChI=1S/C14H13N3O2/c1-19-13-8-15-6-5-12(13)17-11-4-2-3-9-10(11)7-16-14(9)18/h2-6,8H,7H2,1H3,(H,15,17)(H,16,18). The predicted octanol–water partition coefficient (Wildman–Crippen LogP) is 2.08. The van der Waals surface area contributed by atoms with E-state index in [2.05, 4.69) is 15.6 Å². The summed E-state index contributed by atoms with van der Waals surface area (Å²) in [6.45, 7) is 0.546. The highest BCUT2D eigenvalue weighted by Gasteiger charge is 2.21. The Balaban J connectivity index is 1.99. The molecular weight excluding hydrogens is 242 g/mol. The van der Waals surface area contributed by atoms with Gasteiger partial charge in [0.05, 0.1) is 19.0 Å². The zero-order chi connectivity index (χ0) is 13.2. The number of aromatic nitrogens is 1. The lowest BCUT2D eigenvalue weighted by molar-refractivity contribution is 0.0966. The molecule has 1 aliphatic heterocycles.